The van der Waals surface area contributed by atoms with Crippen LogP contribution in [0.2, 0.25) is 0 Å². The Balaban J connectivity index is 0.000000495. The van der Waals surface area contributed by atoms with E-state index in [-0.39, 0.29) is 70.6 Å². The number of halogens is 10. The number of nitrogens with zero attached hydrogens (tertiary/aromatic N) is 15. The van der Waals surface area contributed by atoms with Gasteiger partial charge in [0.05, 0.1) is 44.1 Å². The van der Waals surface area contributed by atoms with Gasteiger partial charge in [-0.2, -0.15) is 8.78 Å². The number of imidazole rings is 4. The van der Waals surface area contributed by atoms with Crippen molar-refractivity contribution in [2.45, 2.75) is 313 Å². The molecule has 0 fully saturated rings. The summed E-state index contributed by atoms with van der Waals surface area (Å²) >= 11 is 14.0. The number of para-hydroxylation sites is 4. The molecule has 13 rings (SSSR count). The number of fused-ring (bicyclic) bond motifs is 12. The molecular formula is C110H162F4I6N20O5V3-3. The monoisotopic (exact) mass is 2830 g/mol. The summed E-state index contributed by atoms with van der Waals surface area (Å²) in [5.74, 6) is -2.94. The third-order valence-corrected chi connectivity index (χ3v) is 25.2. The van der Waals surface area contributed by atoms with Crippen molar-refractivity contribution in [3.63, 3.8) is 0 Å². The Morgan fingerprint density at radius 2 is 0.642 bits per heavy atom. The zero-order valence-electron chi connectivity index (χ0n) is 88.2. The van der Waals surface area contributed by atoms with Crippen LogP contribution in [0.5, 0.6) is 5.75 Å². The van der Waals surface area contributed by atoms with Gasteiger partial charge in [0.2, 0.25) is 23.3 Å². The van der Waals surface area contributed by atoms with Crippen LogP contribution < -0.4 is 33.0 Å². The molecule has 0 atom stereocenters. The first-order valence-electron chi connectivity index (χ1n) is 51.3. The number of anilines is 4. The molecule has 8 aromatic heterocycles. The number of carbonyl (C=O) groups is 3. The third-order valence-electron chi connectivity index (χ3n) is 25.2. The number of nitrogens with two attached hydrogens (primary N) is 4. The van der Waals surface area contributed by atoms with Crippen molar-refractivity contribution in [2.75, 3.05) is 89.9 Å². The number of ether oxygens (including phenoxy) is 1. The van der Waals surface area contributed by atoms with Crippen LogP contribution in [0.4, 0.5) is 40.8 Å². The second kappa shape index (κ2) is 77.4. The number of nitrogens with one attached hydrogen (secondary N) is 1. The van der Waals surface area contributed by atoms with Gasteiger partial charge >= 0.3 is 126 Å². The van der Waals surface area contributed by atoms with E-state index in [4.69, 9.17) is 48.0 Å². The van der Waals surface area contributed by atoms with Crippen molar-refractivity contribution in [1.82, 2.24) is 78.2 Å². The molecule has 0 bridgehead atoms. The molecule has 0 aliphatic heterocycles. The average molecular weight is 2830 g/mol. The Morgan fingerprint density at radius 1 is 0.399 bits per heavy atom. The van der Waals surface area contributed by atoms with Crippen molar-refractivity contribution >= 4 is 251 Å². The Morgan fingerprint density at radius 3 is 0.912 bits per heavy atom. The van der Waals surface area contributed by atoms with Crippen LogP contribution in [0.15, 0.2) is 103 Å². The molecule has 0 aliphatic rings. The molecule has 0 saturated heterocycles. The number of carbonyl (C=O) groups excluding carboxylic acids is 2. The van der Waals surface area contributed by atoms with Gasteiger partial charge in [0, 0.05) is 124 Å². The van der Waals surface area contributed by atoms with E-state index < -0.39 is 41.0 Å². The normalized spacial score (nSPS) is 11.0. The summed E-state index contributed by atoms with van der Waals surface area (Å²) in [4.78, 5) is 82.0. The molecule has 148 heavy (non-hydrogen) atoms. The van der Waals surface area contributed by atoms with Crippen molar-refractivity contribution in [3.05, 3.63) is 169 Å². The molecule has 8 heterocycles. The minimum absolute atomic E-state index is 0. The van der Waals surface area contributed by atoms with E-state index in [0.717, 1.165) is 338 Å². The number of aliphatic carboxylic acids is 1. The minimum Gasteiger partial charge on any atom is 0 e. The van der Waals surface area contributed by atoms with E-state index in [2.05, 4.69) is 266 Å². The number of carboxylic acids is 1. The molecule has 0 saturated carbocycles. The summed E-state index contributed by atoms with van der Waals surface area (Å²) < 4.78 is 68.0. The van der Waals surface area contributed by atoms with Crippen LogP contribution in [-0.2, 0) is 99.2 Å². The minimum atomic E-state index is -1.72. The Kier molecular flexibility index (Phi) is 71.7. The van der Waals surface area contributed by atoms with Crippen LogP contribution in [0.1, 0.15) is 284 Å². The number of esters is 1. The third kappa shape index (κ3) is 44.9. The maximum Gasteiger partial charge on any atom is 0 e. The van der Waals surface area contributed by atoms with E-state index in [1.165, 1.54) is 50.5 Å². The second-order valence-corrected chi connectivity index (χ2v) is 83.6. The number of hydrogen-bond donors (Lipinski definition) is 6. The van der Waals surface area contributed by atoms with Crippen molar-refractivity contribution in [1.29, 1.82) is 0 Å². The van der Waals surface area contributed by atoms with Gasteiger partial charge in [0.25, 0.3) is 0 Å². The number of aromatic nitrogens is 12. The molecule has 0 spiro atoms. The number of unbranched alkanes of at least 4 members (excludes halogenated alkanes) is 19. The number of aryl methyl sites for hydroxylation is 8. The van der Waals surface area contributed by atoms with Crippen LogP contribution in [0, 0.1) is 43.1 Å². The average Bonchev–Trinajstić information content (AvgIpc) is 1.58. The fourth-order valence-corrected chi connectivity index (χ4v) is 17.8. The van der Waals surface area contributed by atoms with Crippen LogP contribution in [0.3, 0.4) is 0 Å². The number of hydrogen-bond acceptors (Lipinski definition) is 19. The molecule has 1 radical (unpaired) electrons. The quantitative estimate of drug-likeness (QED) is 0.00392. The molecule has 820 valence electrons. The molecular weight excluding hydrogens is 2670 g/mol. The zero-order chi connectivity index (χ0) is 105. The van der Waals surface area contributed by atoms with Crippen LogP contribution in [0.25, 0.3) is 87.7 Å². The first kappa shape index (κ1) is 137. The number of carboxylic acid groups (broad SMARTS) is 1. The number of pyridine rings is 4. The molecule has 0 aliphatic carbocycles. The smallest absolute Gasteiger partial charge is 0 e. The number of rotatable bonds is 55. The summed E-state index contributed by atoms with van der Waals surface area (Å²) in [6.45, 7) is 23.7. The topological polar surface area (TPSA) is 329 Å². The maximum absolute atomic E-state index is 13.7. The van der Waals surface area contributed by atoms with Crippen molar-refractivity contribution in [3.8, 4) is 5.75 Å². The van der Waals surface area contributed by atoms with Gasteiger partial charge in [0.15, 0.2) is 34.9 Å². The number of nitrogen functional groups attached to an aromatic ring is 4. The standard InChI is InChI=1S/C32H39F4N5O2.C28H44N6O.C26H39N5O2.C20H28N4.CH2I.CH4.2CH3.5HI.3V/c1-3-4-15-25-39-29-30(21-13-8-9-14-24(21)38-32(29)37)41(25)19-12-11-18-40(2)17-10-6-5-7-16-26(42)43-31-27(35)22(33)20-23(34)28(31)36;1-4-6-17-24-32-26-27(22-15-10-11-16-23(22)31-28(26)29)34(24)21-14-13-20-33(3)19-12-8-7-9-18-25(35)30-5-2;1-3-4-15-22-29-24-25(20-13-8-9-14-21(20)28-26(24)27)31(22)19-12-11-18-30(2)17-10-6-5-7-16-23(32)33;1-3-5-7-10-14-24-17(13-6-4-2)23-18-19(24)15-11-8-9-12-16(15)22-20(18)21;1-2;;;;;;;;;;;/h8-9,13-14,20H,3-7,10-12,15-19H2,1-2H3,(H2,37,38);10-11,15-16H,4-9,12-14,17-21H2,1-3H3,(H2,29,31)(H,30,35);8-9,13-14H,3-7,10-12,15-19H2,1-2H3,(H2,27,28)(H,32,33);8-9,11-12H,3-7,10,13-14H2,1-2H3,(H2,21,22);1H2;1H4;2*1H3;5*1H;;;/q;;;;-1;;2*-1;;;;;;;+2;+3/p-5. The molecule has 25 nitrogen and oxygen atoms in total. The van der Waals surface area contributed by atoms with Gasteiger partial charge in [-0.25, -0.2) is 48.7 Å². The summed E-state index contributed by atoms with van der Waals surface area (Å²) in [6.07, 6.45) is 36.6. The van der Waals surface area contributed by atoms with Crippen molar-refractivity contribution in [2.24, 2.45) is 0 Å². The summed E-state index contributed by atoms with van der Waals surface area (Å²) in [5, 5.41) is 16.1. The predicted octanol–water partition coefficient (Wildman–Crippen LogP) is 30.2. The van der Waals surface area contributed by atoms with Gasteiger partial charge in [-0.15, -0.1) is 0 Å². The van der Waals surface area contributed by atoms with Crippen molar-refractivity contribution < 1.29 is 74.7 Å². The molecule has 5 aromatic carbocycles. The van der Waals surface area contributed by atoms with Gasteiger partial charge in [-0.1, -0.05) is 198 Å². The molecule has 10 N–H and O–H groups in total. The van der Waals surface area contributed by atoms with Gasteiger partial charge in [0.1, 0.15) is 45.4 Å². The summed E-state index contributed by atoms with van der Waals surface area (Å²) in [5.41, 5.74) is 36.6. The van der Waals surface area contributed by atoms with Gasteiger partial charge < -0.3 is 109 Å². The summed E-state index contributed by atoms with van der Waals surface area (Å²) in [6, 6.07) is 32.8. The Hall–Kier alpha value is -5.04. The van der Waals surface area contributed by atoms with E-state index in [9.17, 15) is 31.9 Å². The molecule has 0 unspecified atom stereocenters. The Bertz CT molecular complexity index is 6020. The second-order valence-electron chi connectivity index (χ2n) is 36.4. The summed E-state index contributed by atoms with van der Waals surface area (Å²) in [7, 11) is 7.10. The van der Waals surface area contributed by atoms with Gasteiger partial charge in [-0.05, 0) is 201 Å². The maximum atomic E-state index is 13.7. The number of amides is 1. The van der Waals surface area contributed by atoms with Gasteiger partial charge in [-0.3, -0.25) is 19.3 Å². The largest absolute Gasteiger partial charge is 0 e. The van der Waals surface area contributed by atoms with E-state index in [1.54, 1.807) is 0 Å². The van der Waals surface area contributed by atoms with E-state index in [1.807, 2.05) is 84.1 Å². The predicted molar refractivity (Wildman–Crippen MR) is 653 cm³/mol. The number of benzene rings is 5. The first-order chi connectivity index (χ1) is 69.7. The SMILES string of the molecule is C.CCCCCCn1c(CCCC)nc2c(N)nc3ccccc3c21.CCCCc1nc2c(N)nc3ccccc3c2n1CCCCN(C)CCCCCCC(=O)NCC.CCCCc1nc2c(N)nc3ccccc3c2n1CCCCN(C)CCCCCCC(=O)O.CCCCc1nc2c(N)nc3ccccc3c2n1CCCCN(C)CCCCCCC(=O)Oc1c(F)c(F)cc(F)c1F.[CH2-]I.[CH3-].[CH3-].[I][V]([I])[I].[I][V][I].[V]. The van der Waals surface area contributed by atoms with Crippen LogP contribution in [-0.4, -0.2) is 163 Å². The van der Waals surface area contributed by atoms with E-state index >= 15 is 0 Å². The van der Waals surface area contributed by atoms with E-state index in [0.29, 0.717) is 52.0 Å². The molecule has 38 heteroatoms. The first-order valence-corrected chi connectivity index (χ1v) is 75.4. The fraction of sp³-hybridized carbons (Fsp3) is 0.527. The molecule has 13 aromatic rings. The zero-order valence-corrected chi connectivity index (χ0v) is 105. The van der Waals surface area contributed by atoms with Crippen LogP contribution >= 0.6 is 122 Å². The Labute approximate surface area is 970 Å². The fourth-order valence-electron chi connectivity index (χ4n) is 17.8. The molecule has 1 amide bonds.